The fourth-order valence-corrected chi connectivity index (χ4v) is 4.21. The molecule has 0 aromatic heterocycles. The molecule has 2 heterocycles. The van der Waals surface area contributed by atoms with Crippen molar-refractivity contribution in [1.82, 2.24) is 5.32 Å². The molecule has 2 aliphatic heterocycles. The number of amides is 1. The molecule has 2 atom stereocenters. The van der Waals surface area contributed by atoms with Crippen LogP contribution < -0.4 is 10.6 Å². The molecule has 4 rings (SSSR count). The van der Waals surface area contributed by atoms with Gasteiger partial charge in [0.05, 0.1) is 5.60 Å². The molecular weight excluding hydrogens is 288 g/mol. The zero-order valence-electron chi connectivity index (χ0n) is 13.9. The molecule has 0 bridgehead atoms. The Kier molecular flexibility index (Phi) is 3.90. The Balaban J connectivity index is 1.42. The zero-order valence-corrected chi connectivity index (χ0v) is 13.9. The summed E-state index contributed by atoms with van der Waals surface area (Å²) in [6, 6.07) is 7.33. The van der Waals surface area contributed by atoms with E-state index in [-0.39, 0.29) is 11.5 Å². The quantitative estimate of drug-likeness (QED) is 0.900. The van der Waals surface area contributed by atoms with Crippen molar-refractivity contribution in [1.29, 1.82) is 0 Å². The van der Waals surface area contributed by atoms with Gasteiger partial charge in [0.1, 0.15) is 0 Å². The number of benzene rings is 1. The van der Waals surface area contributed by atoms with Crippen LogP contribution in [-0.2, 0) is 16.0 Å². The largest absolute Gasteiger partial charge is 0.375 e. The van der Waals surface area contributed by atoms with Crippen LogP contribution in [0.4, 0.5) is 5.69 Å². The minimum absolute atomic E-state index is 0.129. The molecule has 1 saturated carbocycles. The fraction of sp³-hybridized carbons (Fsp3) is 0.632. The van der Waals surface area contributed by atoms with Crippen LogP contribution in [0.25, 0.3) is 0 Å². The second kappa shape index (κ2) is 5.91. The lowest BCUT2D eigenvalue weighted by molar-refractivity contribution is -0.136. The van der Waals surface area contributed by atoms with Gasteiger partial charge < -0.3 is 15.4 Å². The molecule has 1 aliphatic carbocycles. The van der Waals surface area contributed by atoms with Crippen molar-refractivity contribution in [3.63, 3.8) is 0 Å². The van der Waals surface area contributed by atoms with Gasteiger partial charge in [0.15, 0.2) is 0 Å². The summed E-state index contributed by atoms with van der Waals surface area (Å²) in [5, 5.41) is 6.76. The molecule has 2 fully saturated rings. The van der Waals surface area contributed by atoms with E-state index < -0.39 is 0 Å². The van der Waals surface area contributed by atoms with Crippen molar-refractivity contribution in [2.75, 3.05) is 11.9 Å². The monoisotopic (exact) mass is 314 g/mol. The molecule has 4 heteroatoms. The second-order valence-electron chi connectivity index (χ2n) is 7.43. The number of anilines is 1. The summed E-state index contributed by atoms with van der Waals surface area (Å²) in [5.41, 5.74) is 3.75. The van der Waals surface area contributed by atoms with Crippen LogP contribution in [-0.4, -0.2) is 24.2 Å². The van der Waals surface area contributed by atoms with Gasteiger partial charge in [-0.25, -0.2) is 0 Å². The van der Waals surface area contributed by atoms with Gasteiger partial charge in [-0.1, -0.05) is 12.1 Å². The predicted octanol–water partition coefficient (Wildman–Crippen LogP) is 3.32. The van der Waals surface area contributed by atoms with E-state index in [2.05, 4.69) is 35.8 Å². The van der Waals surface area contributed by atoms with Crippen LogP contribution in [0.1, 0.15) is 62.6 Å². The molecule has 1 aromatic carbocycles. The Bertz CT molecular complexity index is 609. The Labute approximate surface area is 138 Å². The van der Waals surface area contributed by atoms with Crippen LogP contribution in [0.2, 0.25) is 0 Å². The SMILES string of the molecule is C[C@@H](N[C@H]1CCOC2(CCC2)C1)c1ccc2c(c1)CCC(=O)N2. The number of hydrogen-bond donors (Lipinski definition) is 2. The third kappa shape index (κ3) is 3.02. The first-order valence-electron chi connectivity index (χ1n) is 8.96. The summed E-state index contributed by atoms with van der Waals surface area (Å²) < 4.78 is 6.02. The second-order valence-corrected chi connectivity index (χ2v) is 7.43. The lowest BCUT2D eigenvalue weighted by Gasteiger charge is -2.47. The maximum absolute atomic E-state index is 11.5. The van der Waals surface area contributed by atoms with E-state index in [9.17, 15) is 4.79 Å². The molecule has 124 valence electrons. The zero-order chi connectivity index (χ0) is 15.9. The summed E-state index contributed by atoms with van der Waals surface area (Å²) in [4.78, 5) is 11.5. The molecule has 1 saturated heterocycles. The summed E-state index contributed by atoms with van der Waals surface area (Å²) in [6.45, 7) is 3.13. The third-order valence-corrected chi connectivity index (χ3v) is 5.77. The summed E-state index contributed by atoms with van der Waals surface area (Å²) in [6.07, 6.45) is 7.49. The van der Waals surface area contributed by atoms with Gasteiger partial charge in [0.2, 0.25) is 5.91 Å². The molecule has 1 spiro atoms. The number of aryl methyl sites for hydroxylation is 1. The summed E-state index contributed by atoms with van der Waals surface area (Å²) >= 11 is 0. The highest BCUT2D eigenvalue weighted by Gasteiger charge is 2.42. The van der Waals surface area contributed by atoms with E-state index >= 15 is 0 Å². The van der Waals surface area contributed by atoms with Gasteiger partial charge in [-0.05, 0) is 62.6 Å². The van der Waals surface area contributed by atoms with Crippen LogP contribution in [0.5, 0.6) is 0 Å². The molecule has 1 amide bonds. The molecular formula is C19H26N2O2. The average Bonchev–Trinajstić information content (AvgIpc) is 2.53. The number of hydrogen-bond acceptors (Lipinski definition) is 3. The van der Waals surface area contributed by atoms with E-state index in [1.165, 1.54) is 30.4 Å². The van der Waals surface area contributed by atoms with E-state index in [0.717, 1.165) is 31.6 Å². The van der Waals surface area contributed by atoms with E-state index in [0.29, 0.717) is 18.5 Å². The number of carbonyl (C=O) groups is 1. The van der Waals surface area contributed by atoms with E-state index in [4.69, 9.17) is 4.74 Å². The molecule has 3 aliphatic rings. The third-order valence-electron chi connectivity index (χ3n) is 5.77. The molecule has 4 nitrogen and oxygen atoms in total. The standard InChI is InChI=1S/C19H26N2O2/c1-13(20-16-7-10-23-19(12-16)8-2-9-19)14-3-5-17-15(11-14)4-6-18(22)21-17/h3,5,11,13,16,20H,2,4,6-10,12H2,1H3,(H,21,22)/t13-,16+/m1/s1. The topological polar surface area (TPSA) is 50.4 Å². The lowest BCUT2D eigenvalue weighted by atomic mass is 9.74. The van der Waals surface area contributed by atoms with Gasteiger partial charge in [0.25, 0.3) is 0 Å². The van der Waals surface area contributed by atoms with Gasteiger partial charge in [-0.3, -0.25) is 4.79 Å². The highest BCUT2D eigenvalue weighted by Crippen LogP contribution is 2.42. The normalized spacial score (nSPS) is 27.0. The number of carbonyl (C=O) groups excluding carboxylic acids is 1. The van der Waals surface area contributed by atoms with Gasteiger partial charge in [-0.2, -0.15) is 0 Å². The van der Waals surface area contributed by atoms with Gasteiger partial charge >= 0.3 is 0 Å². The van der Waals surface area contributed by atoms with Crippen molar-refractivity contribution in [3.05, 3.63) is 29.3 Å². The number of rotatable bonds is 3. The Hall–Kier alpha value is -1.39. The molecule has 2 N–H and O–H groups in total. The number of nitrogens with one attached hydrogen (secondary N) is 2. The van der Waals surface area contributed by atoms with Crippen molar-refractivity contribution >= 4 is 11.6 Å². The first-order chi connectivity index (χ1) is 11.1. The molecule has 0 radical (unpaired) electrons. The minimum Gasteiger partial charge on any atom is -0.375 e. The van der Waals surface area contributed by atoms with Crippen molar-refractivity contribution in [3.8, 4) is 0 Å². The van der Waals surface area contributed by atoms with Crippen LogP contribution >= 0.6 is 0 Å². The summed E-state index contributed by atoms with van der Waals surface area (Å²) in [7, 11) is 0. The highest BCUT2D eigenvalue weighted by molar-refractivity contribution is 5.93. The molecule has 0 unspecified atom stereocenters. The minimum atomic E-state index is 0.129. The first-order valence-corrected chi connectivity index (χ1v) is 8.96. The maximum Gasteiger partial charge on any atom is 0.224 e. The number of fused-ring (bicyclic) bond motifs is 1. The molecule has 1 aromatic rings. The Morgan fingerprint density at radius 1 is 1.35 bits per heavy atom. The Morgan fingerprint density at radius 3 is 3.00 bits per heavy atom. The fourth-order valence-electron chi connectivity index (χ4n) is 4.21. The highest BCUT2D eigenvalue weighted by atomic mass is 16.5. The number of ether oxygens (including phenoxy) is 1. The van der Waals surface area contributed by atoms with Crippen molar-refractivity contribution in [2.24, 2.45) is 0 Å². The van der Waals surface area contributed by atoms with Crippen molar-refractivity contribution in [2.45, 2.75) is 69.6 Å². The van der Waals surface area contributed by atoms with E-state index in [1.807, 2.05) is 0 Å². The van der Waals surface area contributed by atoms with Gasteiger partial charge in [-0.15, -0.1) is 0 Å². The predicted molar refractivity (Wildman–Crippen MR) is 90.5 cm³/mol. The molecule has 23 heavy (non-hydrogen) atoms. The van der Waals surface area contributed by atoms with Crippen LogP contribution in [0.3, 0.4) is 0 Å². The Morgan fingerprint density at radius 2 is 2.22 bits per heavy atom. The average molecular weight is 314 g/mol. The van der Waals surface area contributed by atoms with E-state index in [1.54, 1.807) is 0 Å². The first kappa shape index (κ1) is 15.2. The maximum atomic E-state index is 11.5. The smallest absolute Gasteiger partial charge is 0.224 e. The van der Waals surface area contributed by atoms with Crippen LogP contribution in [0.15, 0.2) is 18.2 Å². The summed E-state index contributed by atoms with van der Waals surface area (Å²) in [5.74, 6) is 0.129. The van der Waals surface area contributed by atoms with Gasteiger partial charge in [0, 0.05) is 30.8 Å². The van der Waals surface area contributed by atoms with Crippen LogP contribution in [0, 0.1) is 0 Å². The van der Waals surface area contributed by atoms with Crippen molar-refractivity contribution < 1.29 is 9.53 Å². The lowest BCUT2D eigenvalue weighted by Crippen LogP contribution is -2.51.